The van der Waals surface area contributed by atoms with Crippen molar-refractivity contribution < 1.29 is 49.4 Å². The second-order valence-corrected chi connectivity index (χ2v) is 9.88. The van der Waals surface area contributed by atoms with Crippen LogP contribution in [0.15, 0.2) is 54.6 Å². The summed E-state index contributed by atoms with van der Waals surface area (Å²) >= 11 is 5.70. The van der Waals surface area contributed by atoms with Crippen LogP contribution in [0, 0.1) is 5.92 Å². The Kier molecular flexibility index (Phi) is 8.73. The molecule has 2 N–H and O–H groups in total. The number of aliphatic carboxylic acids is 1. The molecule has 3 aromatic carbocycles. The van der Waals surface area contributed by atoms with E-state index in [1.165, 1.54) is 24.3 Å². The fourth-order valence-corrected chi connectivity index (χ4v) is 4.28. The van der Waals surface area contributed by atoms with E-state index in [0.717, 1.165) is 12.1 Å². The van der Waals surface area contributed by atoms with Gasteiger partial charge in [0.25, 0.3) is 0 Å². The van der Waals surface area contributed by atoms with E-state index in [0.29, 0.717) is 12.1 Å². The fourth-order valence-electron chi connectivity index (χ4n) is 4.06. The number of rotatable bonds is 7. The van der Waals surface area contributed by atoms with E-state index in [9.17, 15) is 49.4 Å². The lowest BCUT2D eigenvalue weighted by molar-refractivity contribution is -0.143. The largest absolute Gasteiger partial charge is 0.481 e. The first-order valence-electron chi connectivity index (χ1n) is 11.6. The van der Waals surface area contributed by atoms with Gasteiger partial charge in [-0.05, 0) is 71.5 Å². The Balaban J connectivity index is 2.23. The Morgan fingerprint density at radius 3 is 1.80 bits per heavy atom. The summed E-state index contributed by atoms with van der Waals surface area (Å²) in [5, 5.41) is 11.7. The van der Waals surface area contributed by atoms with Gasteiger partial charge in [0.05, 0.1) is 27.6 Å². The Morgan fingerprint density at radius 2 is 1.32 bits per heavy atom. The minimum absolute atomic E-state index is 0.0280. The average Bonchev–Trinajstić information content (AvgIpc) is 2.80. The van der Waals surface area contributed by atoms with Crippen LogP contribution in [0.5, 0.6) is 0 Å². The summed E-state index contributed by atoms with van der Waals surface area (Å²) in [6.07, 6.45) is -15.0. The molecular formula is C27H21ClF9NO2. The molecule has 13 heteroatoms. The van der Waals surface area contributed by atoms with Crippen LogP contribution in [0.4, 0.5) is 50.9 Å². The van der Waals surface area contributed by atoms with Crippen LogP contribution in [0.25, 0.3) is 11.1 Å². The standard InChI is InChI=1S/C27H21ClF9NO2/c1-13(2)5-21(24(39)40)16-6-15(14-3-4-23(28)22(9-14)27(35,36)37)7-19(8-16)38-20-11-17(25(29,30)31)10-18(12-20)26(32,33)34/h3-4,6-13,21,38H,5H2,1-2H3,(H,39,40). The number of carbonyl (C=O) groups is 1. The highest BCUT2D eigenvalue weighted by Gasteiger charge is 2.37. The lowest BCUT2D eigenvalue weighted by Gasteiger charge is -2.20. The summed E-state index contributed by atoms with van der Waals surface area (Å²) < 4.78 is 120. The summed E-state index contributed by atoms with van der Waals surface area (Å²) in [5.41, 5.74) is -5.07. The predicted octanol–water partition coefficient (Wildman–Crippen LogP) is 10.0. The third-order valence-electron chi connectivity index (χ3n) is 5.84. The van der Waals surface area contributed by atoms with Gasteiger partial charge in [-0.15, -0.1) is 0 Å². The van der Waals surface area contributed by atoms with Crippen LogP contribution in [0.1, 0.15) is 48.4 Å². The summed E-state index contributed by atoms with van der Waals surface area (Å²) in [4.78, 5) is 12.1. The first kappa shape index (κ1) is 31.1. The number of carboxylic acids is 1. The van der Waals surface area contributed by atoms with E-state index < -0.39 is 57.8 Å². The number of alkyl halides is 9. The van der Waals surface area contributed by atoms with Crippen LogP contribution < -0.4 is 5.32 Å². The molecule has 1 unspecified atom stereocenters. The maximum atomic E-state index is 13.5. The van der Waals surface area contributed by atoms with Crippen molar-refractivity contribution in [3.63, 3.8) is 0 Å². The summed E-state index contributed by atoms with van der Waals surface area (Å²) in [6, 6.07) is 7.47. The summed E-state index contributed by atoms with van der Waals surface area (Å²) in [5.74, 6) is -2.60. The molecule has 0 amide bonds. The van der Waals surface area contributed by atoms with Crippen LogP contribution >= 0.6 is 11.6 Å². The first-order valence-corrected chi connectivity index (χ1v) is 11.9. The molecule has 0 bridgehead atoms. The van der Waals surface area contributed by atoms with Gasteiger partial charge in [-0.2, -0.15) is 39.5 Å². The van der Waals surface area contributed by atoms with Gasteiger partial charge in [-0.25, -0.2) is 0 Å². The molecule has 40 heavy (non-hydrogen) atoms. The molecule has 3 aromatic rings. The number of hydrogen-bond acceptors (Lipinski definition) is 2. The molecule has 1 atom stereocenters. The Bertz CT molecular complexity index is 1360. The van der Waals surface area contributed by atoms with Crippen LogP contribution in [0.2, 0.25) is 5.02 Å². The molecule has 0 heterocycles. The van der Waals surface area contributed by atoms with Crippen LogP contribution in [-0.2, 0) is 23.3 Å². The van der Waals surface area contributed by atoms with Crippen LogP contribution in [-0.4, -0.2) is 11.1 Å². The third kappa shape index (κ3) is 7.61. The molecule has 3 nitrogen and oxygen atoms in total. The monoisotopic (exact) mass is 597 g/mol. The number of nitrogens with one attached hydrogen (secondary N) is 1. The Labute approximate surface area is 227 Å². The molecule has 0 saturated carbocycles. The van der Waals surface area contributed by atoms with Crippen molar-refractivity contribution in [2.75, 3.05) is 5.32 Å². The van der Waals surface area contributed by atoms with Gasteiger partial charge in [0, 0.05) is 11.4 Å². The fraction of sp³-hybridized carbons (Fsp3) is 0.296. The molecule has 0 aliphatic carbocycles. The molecule has 0 aromatic heterocycles. The molecule has 0 aliphatic rings. The van der Waals surface area contributed by atoms with Gasteiger partial charge < -0.3 is 10.4 Å². The van der Waals surface area contributed by atoms with E-state index in [2.05, 4.69) is 5.32 Å². The second-order valence-electron chi connectivity index (χ2n) is 9.48. The third-order valence-corrected chi connectivity index (χ3v) is 6.17. The van der Waals surface area contributed by atoms with Gasteiger partial charge in [0.1, 0.15) is 0 Å². The number of benzene rings is 3. The molecule has 216 valence electrons. The minimum Gasteiger partial charge on any atom is -0.481 e. The molecule has 0 radical (unpaired) electrons. The van der Waals surface area contributed by atoms with Gasteiger partial charge in [-0.1, -0.05) is 37.6 Å². The molecule has 0 fully saturated rings. The highest BCUT2D eigenvalue weighted by molar-refractivity contribution is 6.31. The highest BCUT2D eigenvalue weighted by atomic mass is 35.5. The smallest absolute Gasteiger partial charge is 0.417 e. The van der Waals surface area contributed by atoms with Crippen molar-refractivity contribution in [1.82, 2.24) is 0 Å². The average molecular weight is 598 g/mol. The molecule has 0 aliphatic heterocycles. The quantitative estimate of drug-likeness (QED) is 0.267. The second kappa shape index (κ2) is 11.2. The Morgan fingerprint density at radius 1 is 0.775 bits per heavy atom. The normalized spacial score (nSPS) is 13.4. The van der Waals surface area contributed by atoms with Crippen molar-refractivity contribution in [1.29, 1.82) is 0 Å². The maximum Gasteiger partial charge on any atom is 0.417 e. The molecular weight excluding hydrogens is 577 g/mol. The maximum absolute atomic E-state index is 13.5. The first-order chi connectivity index (χ1) is 18.3. The van der Waals surface area contributed by atoms with Crippen molar-refractivity contribution in [2.24, 2.45) is 5.92 Å². The van der Waals surface area contributed by atoms with Gasteiger partial charge in [0.2, 0.25) is 0 Å². The molecule has 0 spiro atoms. The number of halogens is 10. The summed E-state index contributed by atoms with van der Waals surface area (Å²) in [6.45, 7) is 3.46. The van der Waals surface area contributed by atoms with Crippen molar-refractivity contribution in [2.45, 2.75) is 44.7 Å². The number of hydrogen-bond donors (Lipinski definition) is 2. The lowest BCUT2D eigenvalue weighted by atomic mass is 9.88. The van der Waals surface area contributed by atoms with Crippen molar-refractivity contribution in [3.8, 4) is 11.1 Å². The predicted molar refractivity (Wildman–Crippen MR) is 131 cm³/mol. The zero-order valence-corrected chi connectivity index (χ0v) is 21.4. The molecule has 3 rings (SSSR count). The van der Waals surface area contributed by atoms with E-state index >= 15 is 0 Å². The van der Waals surface area contributed by atoms with E-state index in [4.69, 9.17) is 11.6 Å². The SMILES string of the molecule is CC(C)CC(C(=O)O)c1cc(Nc2cc(C(F)(F)F)cc(C(F)(F)F)c2)cc(-c2ccc(Cl)c(C(F)(F)F)c2)c1. The van der Waals surface area contributed by atoms with Crippen LogP contribution in [0.3, 0.4) is 0 Å². The van der Waals surface area contributed by atoms with Crippen molar-refractivity contribution in [3.05, 3.63) is 81.9 Å². The highest BCUT2D eigenvalue weighted by Crippen LogP contribution is 2.41. The van der Waals surface area contributed by atoms with E-state index in [-0.39, 0.29) is 40.8 Å². The number of anilines is 2. The summed E-state index contributed by atoms with van der Waals surface area (Å²) in [7, 11) is 0. The minimum atomic E-state index is -5.12. The van der Waals surface area contributed by atoms with Gasteiger partial charge >= 0.3 is 24.5 Å². The van der Waals surface area contributed by atoms with E-state index in [1.54, 1.807) is 13.8 Å². The van der Waals surface area contributed by atoms with Gasteiger partial charge in [0.15, 0.2) is 0 Å². The van der Waals surface area contributed by atoms with Crippen molar-refractivity contribution >= 4 is 28.9 Å². The molecule has 0 saturated heterocycles. The Hall–Kier alpha value is -3.41. The topological polar surface area (TPSA) is 49.3 Å². The number of carboxylic acid groups (broad SMARTS) is 1. The zero-order chi connectivity index (χ0) is 30.2. The van der Waals surface area contributed by atoms with Gasteiger partial charge in [-0.3, -0.25) is 4.79 Å². The zero-order valence-electron chi connectivity index (χ0n) is 20.7. The van der Waals surface area contributed by atoms with E-state index in [1.807, 2.05) is 0 Å². The lowest BCUT2D eigenvalue weighted by Crippen LogP contribution is -2.14.